The Hall–Kier alpha value is -4.56. The molecule has 47 heavy (non-hydrogen) atoms. The molecule has 3 aromatic carbocycles. The van der Waals surface area contributed by atoms with Crippen molar-refractivity contribution < 1.29 is 24.8 Å². The number of phenolic OH excluding ortho intramolecular Hbond substituents is 2. The molecule has 8 nitrogen and oxygen atoms in total. The van der Waals surface area contributed by atoms with E-state index in [9.17, 15) is 15.3 Å². The number of aromatic nitrogens is 3. The first-order valence-corrected chi connectivity index (χ1v) is 16.4. The number of aromatic hydroxyl groups is 2. The van der Waals surface area contributed by atoms with Gasteiger partial charge in [-0.05, 0) is 98.4 Å². The maximum Gasteiger partial charge on any atom is 0.164 e. The Morgan fingerprint density at radius 2 is 1.74 bits per heavy atom. The molecule has 2 heterocycles. The Labute approximate surface area is 277 Å². The lowest BCUT2D eigenvalue weighted by Gasteiger charge is -2.55. The topological polar surface area (TPSA) is 110 Å². The van der Waals surface area contributed by atoms with E-state index in [-0.39, 0.29) is 29.4 Å². The fourth-order valence-corrected chi connectivity index (χ4v) is 7.09. The number of aliphatic hydroxyl groups excluding tert-OH is 1. The number of hydrogen-bond acceptors (Lipinski definition) is 7. The molecular weight excluding hydrogens is 590 g/mol. The van der Waals surface area contributed by atoms with E-state index in [0.717, 1.165) is 34.2 Å². The van der Waals surface area contributed by atoms with Gasteiger partial charge in [0.2, 0.25) is 0 Å². The van der Waals surface area contributed by atoms with Crippen molar-refractivity contribution in [2.24, 2.45) is 11.3 Å². The summed E-state index contributed by atoms with van der Waals surface area (Å²) < 4.78 is 14.5. The van der Waals surface area contributed by atoms with E-state index in [0.29, 0.717) is 48.6 Å². The second-order valence-electron chi connectivity index (χ2n) is 14.1. The molecule has 1 fully saturated rings. The third-order valence-electron chi connectivity index (χ3n) is 9.88. The summed E-state index contributed by atoms with van der Waals surface area (Å²) in [4.78, 5) is 0. The molecule has 3 N–H and O–H groups in total. The molecule has 8 heteroatoms. The Bertz CT molecular complexity index is 1800. The number of hydrogen-bond donors (Lipinski definition) is 3. The molecule has 0 bridgehead atoms. The molecule has 1 aliphatic heterocycles. The molecular formula is C39H45N3O5. The smallest absolute Gasteiger partial charge is 0.164 e. The van der Waals surface area contributed by atoms with Crippen LogP contribution in [0.1, 0.15) is 81.0 Å². The van der Waals surface area contributed by atoms with Crippen molar-refractivity contribution in [2.45, 2.75) is 85.2 Å². The maximum atomic E-state index is 11.1. The Balaban J connectivity index is 1.23. The van der Waals surface area contributed by atoms with E-state index in [1.54, 1.807) is 16.8 Å². The van der Waals surface area contributed by atoms with Gasteiger partial charge in [-0.1, -0.05) is 73.2 Å². The van der Waals surface area contributed by atoms with Crippen LogP contribution in [0.2, 0.25) is 0 Å². The third kappa shape index (κ3) is 6.93. The van der Waals surface area contributed by atoms with Crippen LogP contribution >= 0.6 is 0 Å². The Kier molecular flexibility index (Phi) is 8.90. The van der Waals surface area contributed by atoms with Crippen molar-refractivity contribution in [3.63, 3.8) is 0 Å². The highest BCUT2D eigenvalue weighted by atomic mass is 16.5. The standard InChI is InChI=1S/C39H45N3O5/c1-25(2)11-14-31-32(43)18-28(20-34(31)46-24-30-23-42(41-40-30)22-26-9-7-6-8-10-26)13-12-27-17-29-21-35-38(3,4)36(45)15-16-39(35,5)47-37(29)33(44)19-27/h6-13,17-20,23,35-36,43-45H,14-16,21-22,24H2,1-5H3/b13-12+/t35-,36-,39-/m1/s1. The molecule has 246 valence electrons. The Morgan fingerprint density at radius 1 is 1.02 bits per heavy atom. The zero-order valence-electron chi connectivity index (χ0n) is 27.9. The highest BCUT2D eigenvalue weighted by molar-refractivity contribution is 5.73. The molecule has 0 radical (unpaired) electrons. The second-order valence-corrected chi connectivity index (χ2v) is 14.1. The fourth-order valence-electron chi connectivity index (χ4n) is 7.09. The van der Waals surface area contributed by atoms with Crippen LogP contribution in [0.25, 0.3) is 12.2 Å². The highest BCUT2D eigenvalue weighted by Gasteiger charge is 2.54. The molecule has 1 aromatic heterocycles. The first-order valence-electron chi connectivity index (χ1n) is 16.4. The number of allylic oxidation sites excluding steroid dienone is 2. The van der Waals surface area contributed by atoms with Crippen LogP contribution in [0.15, 0.2) is 72.4 Å². The SMILES string of the molecule is CC(C)=CCc1c(O)cc(/C=C/c2cc(O)c3c(c2)C[C@@H]2C(C)(C)[C@H](O)CC[C@@]2(C)O3)cc1OCc1cn(Cc2ccccc2)nn1. The van der Waals surface area contributed by atoms with E-state index < -0.39 is 11.7 Å². The number of nitrogens with zero attached hydrogens (tertiary/aromatic N) is 3. The van der Waals surface area contributed by atoms with Crippen molar-refractivity contribution in [3.05, 3.63) is 106 Å². The largest absolute Gasteiger partial charge is 0.507 e. The van der Waals surface area contributed by atoms with Gasteiger partial charge in [0.15, 0.2) is 11.5 Å². The lowest BCUT2D eigenvalue weighted by Crippen LogP contribution is -2.58. The quantitative estimate of drug-likeness (QED) is 0.129. The molecule has 0 spiro atoms. The molecule has 0 saturated heterocycles. The second kappa shape index (κ2) is 12.9. The normalized spacial score (nSPS) is 21.5. The summed E-state index contributed by atoms with van der Waals surface area (Å²) in [6.07, 6.45) is 10.0. The number of aliphatic hydroxyl groups is 1. The minimum Gasteiger partial charge on any atom is -0.507 e. The van der Waals surface area contributed by atoms with Gasteiger partial charge >= 0.3 is 0 Å². The van der Waals surface area contributed by atoms with Gasteiger partial charge < -0.3 is 24.8 Å². The van der Waals surface area contributed by atoms with E-state index in [4.69, 9.17) is 9.47 Å². The van der Waals surface area contributed by atoms with E-state index in [2.05, 4.69) is 37.2 Å². The number of fused-ring (bicyclic) bond motifs is 2. The van der Waals surface area contributed by atoms with Crippen molar-refractivity contribution in [1.82, 2.24) is 15.0 Å². The van der Waals surface area contributed by atoms with Crippen molar-refractivity contribution in [1.29, 1.82) is 0 Å². The van der Waals surface area contributed by atoms with Gasteiger partial charge in [0.1, 0.15) is 29.4 Å². The number of ether oxygens (including phenoxy) is 2. The third-order valence-corrected chi connectivity index (χ3v) is 9.88. The molecule has 4 aromatic rings. The minimum atomic E-state index is -0.443. The highest BCUT2D eigenvalue weighted by Crippen LogP contribution is 2.54. The van der Waals surface area contributed by atoms with E-state index >= 15 is 0 Å². The van der Waals surface area contributed by atoms with Crippen LogP contribution in [-0.2, 0) is 26.0 Å². The van der Waals surface area contributed by atoms with Crippen LogP contribution < -0.4 is 9.47 Å². The summed E-state index contributed by atoms with van der Waals surface area (Å²) in [5.41, 5.74) is 5.40. The van der Waals surface area contributed by atoms with Gasteiger partial charge in [-0.15, -0.1) is 5.10 Å². The fraction of sp³-hybridized carbons (Fsp3) is 0.385. The summed E-state index contributed by atoms with van der Waals surface area (Å²) in [5, 5.41) is 41.5. The lowest BCUT2D eigenvalue weighted by molar-refractivity contribution is -0.138. The molecule has 0 amide bonds. The van der Waals surface area contributed by atoms with Gasteiger partial charge in [0.25, 0.3) is 0 Å². The Morgan fingerprint density at radius 3 is 2.49 bits per heavy atom. The first kappa shape index (κ1) is 32.4. The molecule has 6 rings (SSSR count). The number of phenols is 2. The van der Waals surface area contributed by atoms with Crippen LogP contribution in [0.4, 0.5) is 0 Å². The molecule has 2 aliphatic rings. The van der Waals surface area contributed by atoms with Crippen LogP contribution in [0, 0.1) is 11.3 Å². The van der Waals surface area contributed by atoms with Gasteiger partial charge in [-0.3, -0.25) is 0 Å². The van der Waals surface area contributed by atoms with Crippen molar-refractivity contribution in [2.75, 3.05) is 0 Å². The van der Waals surface area contributed by atoms with Crippen LogP contribution in [0.5, 0.6) is 23.0 Å². The minimum absolute atomic E-state index is 0.106. The summed E-state index contributed by atoms with van der Waals surface area (Å²) in [6, 6.07) is 17.5. The molecule has 3 atom stereocenters. The van der Waals surface area contributed by atoms with E-state index in [1.807, 2.05) is 74.7 Å². The summed E-state index contributed by atoms with van der Waals surface area (Å²) in [7, 11) is 0. The van der Waals surface area contributed by atoms with Gasteiger partial charge in [0, 0.05) is 11.5 Å². The summed E-state index contributed by atoms with van der Waals surface area (Å²) in [6.45, 7) is 11.2. The van der Waals surface area contributed by atoms with Crippen LogP contribution in [-0.4, -0.2) is 42.0 Å². The monoisotopic (exact) mass is 635 g/mol. The van der Waals surface area contributed by atoms with Gasteiger partial charge in [-0.2, -0.15) is 0 Å². The summed E-state index contributed by atoms with van der Waals surface area (Å²) >= 11 is 0. The van der Waals surface area contributed by atoms with Crippen molar-refractivity contribution in [3.8, 4) is 23.0 Å². The average molecular weight is 636 g/mol. The summed E-state index contributed by atoms with van der Waals surface area (Å²) in [5.74, 6) is 1.46. The van der Waals surface area contributed by atoms with Crippen molar-refractivity contribution >= 4 is 12.2 Å². The zero-order valence-corrected chi connectivity index (χ0v) is 27.9. The lowest BCUT2D eigenvalue weighted by atomic mass is 9.57. The first-order chi connectivity index (χ1) is 22.4. The van der Waals surface area contributed by atoms with Crippen LogP contribution in [0.3, 0.4) is 0 Å². The average Bonchev–Trinajstić information content (AvgIpc) is 3.48. The van der Waals surface area contributed by atoms with Gasteiger partial charge in [0.05, 0.1) is 18.8 Å². The number of rotatable bonds is 9. The predicted octanol–water partition coefficient (Wildman–Crippen LogP) is 7.49. The molecule has 0 unspecified atom stereocenters. The molecule has 1 saturated carbocycles. The van der Waals surface area contributed by atoms with E-state index in [1.165, 1.54) is 0 Å². The predicted molar refractivity (Wildman–Crippen MR) is 183 cm³/mol. The molecule has 1 aliphatic carbocycles. The number of benzene rings is 3. The van der Waals surface area contributed by atoms with Gasteiger partial charge in [-0.25, -0.2) is 4.68 Å². The maximum absolute atomic E-state index is 11.1. The zero-order chi connectivity index (χ0) is 33.3.